The summed E-state index contributed by atoms with van der Waals surface area (Å²) in [5.41, 5.74) is 10.9. The minimum Gasteiger partial charge on any atom is -0.496 e. The lowest BCUT2D eigenvalue weighted by molar-refractivity contribution is -0.126. The zero-order valence-electron chi connectivity index (χ0n) is 44.2. The van der Waals surface area contributed by atoms with Crippen molar-refractivity contribution in [2.75, 3.05) is 14.2 Å². The molecular formula is C74H54O6. The number of benzene rings is 9. The van der Waals surface area contributed by atoms with Crippen LogP contribution in [0.1, 0.15) is 91.2 Å². The molecule has 2 saturated carbocycles. The fourth-order valence-corrected chi connectivity index (χ4v) is 18.5. The van der Waals surface area contributed by atoms with Gasteiger partial charge in [0.15, 0.2) is 11.6 Å². The average Bonchev–Trinajstić information content (AvgIpc) is 4.18. The number of carbonyl (C=O) groups is 2. The summed E-state index contributed by atoms with van der Waals surface area (Å²) >= 11 is 0. The maximum absolute atomic E-state index is 17.3. The van der Waals surface area contributed by atoms with E-state index in [9.17, 15) is 0 Å². The van der Waals surface area contributed by atoms with Crippen LogP contribution in [0.5, 0.6) is 11.5 Å². The van der Waals surface area contributed by atoms with Crippen molar-refractivity contribution in [1.82, 2.24) is 0 Å². The van der Waals surface area contributed by atoms with Gasteiger partial charge >= 0.3 is 0 Å². The molecule has 0 amide bonds. The molecule has 80 heavy (non-hydrogen) atoms. The van der Waals surface area contributed by atoms with Crippen molar-refractivity contribution in [2.24, 2.45) is 23.7 Å². The van der Waals surface area contributed by atoms with E-state index in [1.54, 1.807) is 14.2 Å². The number of Topliss-reactive ketones (excluding diaryl/α,β-unsaturated/α-hetero) is 2. The number of fused-ring (bicyclic) bond motifs is 24. The van der Waals surface area contributed by atoms with Gasteiger partial charge in [-0.05, 0) is 66.8 Å². The molecule has 386 valence electrons. The fourth-order valence-electron chi connectivity index (χ4n) is 18.5. The Balaban J connectivity index is 0.970. The van der Waals surface area contributed by atoms with Crippen molar-refractivity contribution >= 4 is 33.9 Å². The zero-order chi connectivity index (χ0) is 53.3. The molecule has 8 bridgehead atoms. The molecule has 8 aliphatic rings. The molecular weight excluding hydrogens is 985 g/mol. The lowest BCUT2D eigenvalue weighted by Crippen LogP contribution is -2.44. The molecule has 4 aliphatic carbocycles. The van der Waals surface area contributed by atoms with Gasteiger partial charge in [-0.2, -0.15) is 0 Å². The summed E-state index contributed by atoms with van der Waals surface area (Å²) in [6, 6.07) is 84.3. The van der Waals surface area contributed by atoms with Crippen molar-refractivity contribution in [1.29, 1.82) is 0 Å². The fraction of sp³-hybridized carbons (Fsp3) is 0.189. The predicted molar refractivity (Wildman–Crippen MR) is 309 cm³/mol. The van der Waals surface area contributed by atoms with Crippen LogP contribution in [0.2, 0.25) is 0 Å². The Morgan fingerprint density at radius 1 is 0.287 bits per heavy atom. The largest absolute Gasteiger partial charge is 0.496 e. The number of ketones is 2. The molecule has 10 unspecified atom stereocenters. The Bertz CT molecular complexity index is 3590. The van der Waals surface area contributed by atoms with E-state index < -0.39 is 46.1 Å². The molecule has 2 saturated heterocycles. The zero-order valence-corrected chi connectivity index (χ0v) is 44.2. The quantitative estimate of drug-likeness (QED) is 0.136. The van der Waals surface area contributed by atoms with E-state index in [2.05, 4.69) is 218 Å². The maximum atomic E-state index is 17.3. The SMILES string of the molecule is COc1c2c(c(OC)c3c1[C@H]1O[C@@H]3C3C1C1(c4ccccc4)C(=O)C3(c3ccccc3)C(c3ccccc3)=C1c1ccccc1)C1OC2C2C1C1(c3ccccc3)C(=O)C2(c2ccccc2)C(c2ccccc2)=C1c1ccccc1. The predicted octanol–water partition coefficient (Wildman–Crippen LogP) is 14.6. The van der Waals surface area contributed by atoms with E-state index in [1.807, 2.05) is 24.3 Å². The van der Waals surface area contributed by atoms with E-state index >= 15 is 9.59 Å². The third-order valence-electron chi connectivity index (χ3n) is 20.4. The molecule has 6 heteroatoms. The summed E-state index contributed by atoms with van der Waals surface area (Å²) in [5, 5.41) is 0. The van der Waals surface area contributed by atoms with Gasteiger partial charge in [-0.15, -0.1) is 0 Å². The molecule has 0 aromatic heterocycles. The third-order valence-corrected chi connectivity index (χ3v) is 20.4. The van der Waals surface area contributed by atoms with Gasteiger partial charge in [0.05, 0.1) is 60.3 Å². The van der Waals surface area contributed by atoms with Crippen molar-refractivity contribution < 1.29 is 28.5 Å². The Labute approximate surface area is 465 Å². The van der Waals surface area contributed by atoms with E-state index in [4.69, 9.17) is 18.9 Å². The molecule has 6 nitrogen and oxygen atoms in total. The van der Waals surface area contributed by atoms with Gasteiger partial charge in [-0.25, -0.2) is 0 Å². The summed E-state index contributed by atoms with van der Waals surface area (Å²) in [5.74, 6) is 0.257. The number of hydrogen-bond acceptors (Lipinski definition) is 6. The van der Waals surface area contributed by atoms with Crippen molar-refractivity contribution in [2.45, 2.75) is 46.1 Å². The molecule has 0 N–H and O–H groups in total. The summed E-state index contributed by atoms with van der Waals surface area (Å²) in [7, 11) is 3.55. The first kappa shape index (κ1) is 46.3. The molecule has 0 spiro atoms. The van der Waals surface area contributed by atoms with E-state index in [0.29, 0.717) is 11.5 Å². The summed E-state index contributed by atoms with van der Waals surface area (Å²) in [6.07, 6.45) is -2.39. The Kier molecular flexibility index (Phi) is 9.51. The normalized spacial score (nSPS) is 31.2. The van der Waals surface area contributed by atoms with Crippen LogP contribution in [0.25, 0.3) is 22.3 Å². The number of ether oxygens (including phenoxy) is 4. The van der Waals surface area contributed by atoms with Crippen LogP contribution in [-0.4, -0.2) is 25.8 Å². The van der Waals surface area contributed by atoms with Crippen LogP contribution in [0.4, 0.5) is 0 Å². The van der Waals surface area contributed by atoms with Crippen molar-refractivity contribution in [3.05, 3.63) is 309 Å². The Morgan fingerprint density at radius 3 is 0.662 bits per heavy atom. The highest BCUT2D eigenvalue weighted by molar-refractivity contribution is 6.31. The monoisotopic (exact) mass is 1040 g/mol. The van der Waals surface area contributed by atoms with Crippen molar-refractivity contribution in [3.63, 3.8) is 0 Å². The molecule has 0 radical (unpaired) electrons. The Morgan fingerprint density at radius 2 is 0.475 bits per heavy atom. The molecule has 4 aliphatic heterocycles. The smallest absolute Gasteiger partial charge is 0.163 e. The highest BCUT2D eigenvalue weighted by Crippen LogP contribution is 2.86. The van der Waals surface area contributed by atoms with Gasteiger partial charge in [-0.3, -0.25) is 9.59 Å². The molecule has 4 fully saturated rings. The van der Waals surface area contributed by atoms with Gasteiger partial charge in [0.25, 0.3) is 0 Å². The maximum Gasteiger partial charge on any atom is 0.163 e. The molecule has 17 rings (SSSR count). The summed E-state index contributed by atoms with van der Waals surface area (Å²) < 4.78 is 29.6. The lowest BCUT2D eigenvalue weighted by atomic mass is 9.52. The first-order valence-corrected chi connectivity index (χ1v) is 28.2. The molecule has 9 aromatic carbocycles. The van der Waals surface area contributed by atoms with Gasteiger partial charge in [-0.1, -0.05) is 243 Å². The lowest BCUT2D eigenvalue weighted by Gasteiger charge is -2.47. The summed E-state index contributed by atoms with van der Waals surface area (Å²) in [4.78, 5) is 34.7. The molecule has 9 aromatic rings. The second-order valence-electron chi connectivity index (χ2n) is 23.1. The van der Waals surface area contributed by atoms with Gasteiger partial charge in [0.1, 0.15) is 11.5 Å². The average molecular weight is 1040 g/mol. The van der Waals surface area contributed by atoms with Crippen LogP contribution in [0, 0.1) is 23.7 Å². The second-order valence-corrected chi connectivity index (χ2v) is 23.1. The van der Waals surface area contributed by atoms with Gasteiger partial charge < -0.3 is 18.9 Å². The standard InChI is InChI=1S/C74H54O6/c1-77-63-51-53(67-61-59(65(51)79-67)71(47-35-19-7-20-36-47)55(43-27-11-3-12-28-43)57(45-31-15-5-16-32-45)73(61,69(71)75)49-39-23-9-24-40-49)64(78-2)54-52(63)66-60-62(68(54)80-66)74(50-41-25-10-26-42-50)58(46-33-17-6-18-34-46)56(44-29-13-4-14-30-44)72(60,70(74)76)48-37-21-8-22-38-48/h3-42,59-62,65-68H,1-2H3/t59?,60?,61?,62?,65-,66?,67+,68?,71?,72?,73?,74?. The van der Waals surface area contributed by atoms with Crippen LogP contribution < -0.4 is 9.47 Å². The number of methoxy groups -OCH3 is 2. The summed E-state index contributed by atoms with van der Waals surface area (Å²) in [6.45, 7) is 0. The van der Waals surface area contributed by atoms with E-state index in [-0.39, 0.29) is 35.2 Å². The van der Waals surface area contributed by atoms with Gasteiger partial charge in [0, 0.05) is 45.9 Å². The minimum absolute atomic E-state index is 0.169. The van der Waals surface area contributed by atoms with Gasteiger partial charge in [0.2, 0.25) is 0 Å². The second kappa shape index (κ2) is 16.5. The Hall–Kier alpha value is -8.68. The van der Waals surface area contributed by atoms with Crippen molar-refractivity contribution in [3.8, 4) is 11.5 Å². The topological polar surface area (TPSA) is 71.1 Å². The van der Waals surface area contributed by atoms with Crippen LogP contribution in [0.15, 0.2) is 243 Å². The molecule has 12 atom stereocenters. The third kappa shape index (κ3) is 5.12. The van der Waals surface area contributed by atoms with E-state index in [0.717, 1.165) is 89.1 Å². The number of rotatable bonds is 10. The van der Waals surface area contributed by atoms with Crippen LogP contribution in [0.3, 0.4) is 0 Å². The first-order chi connectivity index (χ1) is 39.5. The highest BCUT2D eigenvalue weighted by Gasteiger charge is 2.86. The minimum atomic E-state index is -1.16. The highest BCUT2D eigenvalue weighted by atomic mass is 16.5. The van der Waals surface area contributed by atoms with Crippen LogP contribution in [-0.2, 0) is 40.7 Å². The van der Waals surface area contributed by atoms with E-state index in [1.165, 1.54) is 0 Å². The number of hydrogen-bond donors (Lipinski definition) is 0. The first-order valence-electron chi connectivity index (χ1n) is 28.2. The van der Waals surface area contributed by atoms with Crippen LogP contribution >= 0.6 is 0 Å². The molecule has 4 heterocycles. The number of allylic oxidation sites excluding steroid dienone is 4. The number of carbonyl (C=O) groups excluding carboxylic acids is 2.